The van der Waals surface area contributed by atoms with Crippen LogP contribution in [0.4, 0.5) is 0 Å². The number of hydrogen-bond acceptors (Lipinski definition) is 0. The van der Waals surface area contributed by atoms with E-state index in [4.69, 9.17) is 0 Å². The summed E-state index contributed by atoms with van der Waals surface area (Å²) in [4.78, 5) is 0. The van der Waals surface area contributed by atoms with Gasteiger partial charge in [0.1, 0.15) is 7.05 Å². The van der Waals surface area contributed by atoms with E-state index in [1.165, 1.54) is 41.6 Å². The van der Waals surface area contributed by atoms with Crippen molar-refractivity contribution in [3.8, 4) is 11.3 Å². The van der Waals surface area contributed by atoms with Crippen molar-refractivity contribution in [3.63, 3.8) is 0 Å². The molecule has 1 nitrogen and oxygen atoms in total. The summed E-state index contributed by atoms with van der Waals surface area (Å²) in [6.45, 7) is 6.80. The maximum Gasteiger partial charge on any atom is 0.212 e. The predicted octanol–water partition coefficient (Wildman–Crippen LogP) is 4.17. The van der Waals surface area contributed by atoms with Gasteiger partial charge in [-0.05, 0) is 67.3 Å². The second-order valence-electron chi connectivity index (χ2n) is 6.92. The van der Waals surface area contributed by atoms with Gasteiger partial charge in [-0.25, -0.2) is 4.57 Å². The van der Waals surface area contributed by atoms with Crippen LogP contribution in [0.25, 0.3) is 11.3 Å². The molecule has 3 rings (SSSR count). The van der Waals surface area contributed by atoms with Crippen LogP contribution in [0.2, 0.25) is 0 Å². The van der Waals surface area contributed by atoms with Crippen LogP contribution in [0.1, 0.15) is 42.5 Å². The van der Waals surface area contributed by atoms with Crippen molar-refractivity contribution in [1.29, 1.82) is 0 Å². The smallest absolute Gasteiger partial charge is 0.201 e. The maximum absolute atomic E-state index is 2.43. The minimum absolute atomic E-state index is 0.706. The number of fused-ring (bicyclic) bond motifs is 1. The molecular weight excluding hydrogens is 254 g/mol. The number of nitrogens with zero attached hydrogens (tertiary/aromatic N) is 1. The molecule has 1 aromatic carbocycles. The minimum Gasteiger partial charge on any atom is -0.201 e. The Labute approximate surface area is 128 Å². The summed E-state index contributed by atoms with van der Waals surface area (Å²) in [6.07, 6.45) is 7.27. The Morgan fingerprint density at radius 2 is 1.81 bits per heavy atom. The van der Waals surface area contributed by atoms with Crippen molar-refractivity contribution >= 4 is 0 Å². The minimum atomic E-state index is 0.706. The van der Waals surface area contributed by atoms with Crippen LogP contribution in [0.5, 0.6) is 0 Å². The summed E-state index contributed by atoms with van der Waals surface area (Å²) in [5, 5.41) is 0. The second kappa shape index (κ2) is 5.63. The van der Waals surface area contributed by atoms with E-state index in [-0.39, 0.29) is 0 Å². The van der Waals surface area contributed by atoms with Crippen LogP contribution in [-0.4, -0.2) is 0 Å². The lowest BCUT2D eigenvalue weighted by molar-refractivity contribution is -0.660. The first-order chi connectivity index (χ1) is 10.0. The Balaban J connectivity index is 2.01. The average Bonchev–Trinajstić information content (AvgIpc) is 2.84. The summed E-state index contributed by atoms with van der Waals surface area (Å²) in [7, 11) is 2.17. The highest BCUT2D eigenvalue weighted by atomic mass is 14.9. The van der Waals surface area contributed by atoms with Gasteiger partial charge in [-0.15, -0.1) is 0 Å². The van der Waals surface area contributed by atoms with Gasteiger partial charge in [0.05, 0.1) is 0 Å². The molecule has 0 bridgehead atoms. The van der Waals surface area contributed by atoms with E-state index in [0.29, 0.717) is 5.92 Å². The molecule has 0 fully saturated rings. The van der Waals surface area contributed by atoms with Gasteiger partial charge in [0.25, 0.3) is 0 Å². The van der Waals surface area contributed by atoms with E-state index in [9.17, 15) is 0 Å². The molecule has 1 heteroatoms. The fourth-order valence-corrected chi connectivity index (χ4v) is 3.56. The van der Waals surface area contributed by atoms with Gasteiger partial charge in [-0.1, -0.05) is 19.9 Å². The van der Waals surface area contributed by atoms with E-state index in [1.54, 1.807) is 11.1 Å². The normalized spacial score (nSPS) is 13.8. The van der Waals surface area contributed by atoms with E-state index in [2.05, 4.69) is 62.8 Å². The lowest BCUT2D eigenvalue weighted by atomic mass is 9.97. The van der Waals surface area contributed by atoms with Crippen LogP contribution >= 0.6 is 0 Å². The largest absolute Gasteiger partial charge is 0.212 e. The highest BCUT2D eigenvalue weighted by Crippen LogP contribution is 2.30. The quantitative estimate of drug-likeness (QED) is 0.743. The molecule has 0 saturated carbocycles. The molecule has 0 radical (unpaired) electrons. The van der Waals surface area contributed by atoms with Crippen LogP contribution < -0.4 is 4.57 Å². The van der Waals surface area contributed by atoms with Crippen molar-refractivity contribution < 1.29 is 4.57 Å². The maximum atomic E-state index is 2.43. The SMILES string of the molecule is Cc1cc2c(cc1-c1ccc(CC(C)C)c[n+]1C)CCC2. The van der Waals surface area contributed by atoms with Gasteiger partial charge >= 0.3 is 0 Å². The summed E-state index contributed by atoms with van der Waals surface area (Å²) in [6, 6.07) is 9.41. The molecule has 1 aliphatic rings. The monoisotopic (exact) mass is 280 g/mol. The number of benzene rings is 1. The number of aromatic nitrogens is 1. The Kier molecular flexibility index (Phi) is 3.84. The number of aryl methyl sites for hydroxylation is 4. The van der Waals surface area contributed by atoms with Crippen molar-refractivity contribution in [2.24, 2.45) is 13.0 Å². The molecule has 2 aromatic rings. The molecular formula is C20H26N+. The third kappa shape index (κ3) is 2.88. The van der Waals surface area contributed by atoms with E-state index >= 15 is 0 Å². The predicted molar refractivity (Wildman–Crippen MR) is 88.4 cm³/mol. The molecule has 1 aliphatic carbocycles. The van der Waals surface area contributed by atoms with E-state index in [0.717, 1.165) is 6.42 Å². The van der Waals surface area contributed by atoms with Crippen molar-refractivity contribution in [2.75, 3.05) is 0 Å². The highest BCUT2D eigenvalue weighted by Gasteiger charge is 2.18. The first-order valence-corrected chi connectivity index (χ1v) is 8.16. The van der Waals surface area contributed by atoms with E-state index < -0.39 is 0 Å². The molecule has 0 aliphatic heterocycles. The molecule has 21 heavy (non-hydrogen) atoms. The lowest BCUT2D eigenvalue weighted by Crippen LogP contribution is -2.31. The summed E-state index contributed by atoms with van der Waals surface area (Å²) in [5.74, 6) is 0.706. The summed E-state index contributed by atoms with van der Waals surface area (Å²) < 4.78 is 2.29. The van der Waals surface area contributed by atoms with E-state index in [1.807, 2.05) is 0 Å². The van der Waals surface area contributed by atoms with Crippen LogP contribution in [0.3, 0.4) is 0 Å². The van der Waals surface area contributed by atoms with Gasteiger partial charge in [0, 0.05) is 17.2 Å². The Bertz CT molecular complexity index is 668. The first-order valence-electron chi connectivity index (χ1n) is 8.16. The molecule has 0 amide bonds. The summed E-state index contributed by atoms with van der Waals surface area (Å²) >= 11 is 0. The van der Waals surface area contributed by atoms with Gasteiger partial charge in [0.2, 0.25) is 5.69 Å². The zero-order valence-corrected chi connectivity index (χ0v) is 13.7. The lowest BCUT2D eigenvalue weighted by Gasteiger charge is -2.10. The average molecular weight is 280 g/mol. The zero-order valence-electron chi connectivity index (χ0n) is 13.7. The Morgan fingerprint density at radius 1 is 1.10 bits per heavy atom. The molecule has 0 unspecified atom stereocenters. The molecule has 0 saturated heterocycles. The fraction of sp³-hybridized carbons (Fsp3) is 0.450. The highest BCUT2D eigenvalue weighted by molar-refractivity contribution is 5.64. The molecule has 0 N–H and O–H groups in total. The molecule has 1 aromatic heterocycles. The van der Waals surface area contributed by atoms with Gasteiger partial charge < -0.3 is 0 Å². The second-order valence-corrected chi connectivity index (χ2v) is 6.92. The Hall–Kier alpha value is -1.63. The van der Waals surface area contributed by atoms with Gasteiger partial charge in [-0.3, -0.25) is 0 Å². The molecule has 110 valence electrons. The topological polar surface area (TPSA) is 3.88 Å². The fourth-order valence-electron chi connectivity index (χ4n) is 3.56. The van der Waals surface area contributed by atoms with Gasteiger partial charge in [0.15, 0.2) is 6.20 Å². The molecule has 0 atom stereocenters. The van der Waals surface area contributed by atoms with Gasteiger partial charge in [-0.2, -0.15) is 0 Å². The molecule has 1 heterocycles. The number of rotatable bonds is 3. The van der Waals surface area contributed by atoms with Crippen molar-refractivity contribution in [3.05, 3.63) is 52.7 Å². The third-order valence-corrected chi connectivity index (χ3v) is 4.55. The van der Waals surface area contributed by atoms with Crippen molar-refractivity contribution in [2.45, 2.75) is 46.5 Å². The first kappa shape index (κ1) is 14.3. The standard InChI is InChI=1S/C20H26N/c1-14(2)10-16-8-9-20(21(4)13-16)19-12-18-7-5-6-17(18)11-15(19)3/h8-9,11-14H,5-7,10H2,1-4H3/q+1. The van der Waals surface area contributed by atoms with Crippen LogP contribution in [-0.2, 0) is 26.3 Å². The Morgan fingerprint density at radius 3 is 2.48 bits per heavy atom. The van der Waals surface area contributed by atoms with Crippen molar-refractivity contribution in [1.82, 2.24) is 0 Å². The number of pyridine rings is 1. The molecule has 0 spiro atoms. The van der Waals surface area contributed by atoms with Crippen LogP contribution in [0, 0.1) is 12.8 Å². The zero-order chi connectivity index (χ0) is 15.0. The van der Waals surface area contributed by atoms with Crippen LogP contribution in [0.15, 0.2) is 30.5 Å². The summed E-state index contributed by atoms with van der Waals surface area (Å²) in [5.41, 5.74) is 8.68. The number of hydrogen-bond donors (Lipinski definition) is 0. The third-order valence-electron chi connectivity index (χ3n) is 4.55.